The zero-order chi connectivity index (χ0) is 12.1. The minimum Gasteiger partial charge on any atom is -0.351 e. The first-order valence-corrected chi connectivity index (χ1v) is 4.58. The summed E-state index contributed by atoms with van der Waals surface area (Å²) in [7, 11) is 0. The van der Waals surface area contributed by atoms with Crippen molar-refractivity contribution in [3.8, 4) is 5.75 Å². The normalized spacial score (nSPS) is 9.38. The number of hydrogen-bond donors (Lipinski definition) is 2. The van der Waals surface area contributed by atoms with Crippen LogP contribution in [0.1, 0.15) is 6.92 Å². The van der Waals surface area contributed by atoms with Gasteiger partial charge in [0.2, 0.25) is 5.75 Å². The molecule has 2 amide bonds. The third-order valence-electron chi connectivity index (χ3n) is 1.45. The third-order valence-corrected chi connectivity index (χ3v) is 1.68. The Labute approximate surface area is 96.2 Å². The third kappa shape index (κ3) is 3.66. The Morgan fingerprint density at radius 1 is 1.44 bits per heavy atom. The lowest BCUT2D eigenvalue weighted by molar-refractivity contribution is -0.210. The van der Waals surface area contributed by atoms with E-state index in [4.69, 9.17) is 17.3 Å². The van der Waals surface area contributed by atoms with Crippen LogP contribution in [0.15, 0.2) is 18.2 Å². The van der Waals surface area contributed by atoms with Crippen molar-refractivity contribution in [3.63, 3.8) is 0 Å². The van der Waals surface area contributed by atoms with E-state index in [1.807, 2.05) is 0 Å². The van der Waals surface area contributed by atoms with Crippen molar-refractivity contribution < 1.29 is 19.4 Å². The number of rotatable bonds is 3. The van der Waals surface area contributed by atoms with Crippen LogP contribution in [0.3, 0.4) is 0 Å². The zero-order valence-corrected chi connectivity index (χ0v) is 9.08. The van der Waals surface area contributed by atoms with Gasteiger partial charge in [-0.2, -0.15) is 0 Å². The molecular weight excluding hydrogens is 236 g/mol. The van der Waals surface area contributed by atoms with Gasteiger partial charge in [-0.05, 0) is 18.2 Å². The monoisotopic (exact) mass is 244 g/mol. The number of hydrogen-bond acceptors (Lipinski definition) is 4. The first-order chi connectivity index (χ1) is 7.49. The molecular formula is C9H9ClN2O4. The Balaban J connectivity index is 2.88. The molecule has 0 aliphatic heterocycles. The van der Waals surface area contributed by atoms with Gasteiger partial charge >= 0.3 is 12.0 Å². The fourth-order valence-electron chi connectivity index (χ4n) is 0.909. The maximum atomic E-state index is 10.7. The Bertz CT molecular complexity index is 422. The molecule has 0 unspecified atom stereocenters. The van der Waals surface area contributed by atoms with Gasteiger partial charge in [0, 0.05) is 11.9 Å². The van der Waals surface area contributed by atoms with Gasteiger partial charge in [-0.25, -0.2) is 9.59 Å². The van der Waals surface area contributed by atoms with E-state index in [9.17, 15) is 9.59 Å². The van der Waals surface area contributed by atoms with Crippen LogP contribution in [-0.4, -0.2) is 12.0 Å². The van der Waals surface area contributed by atoms with Gasteiger partial charge in [0.1, 0.15) is 0 Å². The summed E-state index contributed by atoms with van der Waals surface area (Å²) >= 11 is 5.71. The minimum absolute atomic E-state index is 0.124. The van der Waals surface area contributed by atoms with Gasteiger partial charge in [-0.1, -0.05) is 11.6 Å². The smallest absolute Gasteiger partial charge is 0.351 e. The molecule has 0 aliphatic rings. The molecule has 6 nitrogen and oxygen atoms in total. The van der Waals surface area contributed by atoms with Gasteiger partial charge < -0.3 is 11.1 Å². The van der Waals surface area contributed by atoms with E-state index >= 15 is 0 Å². The molecule has 0 aliphatic carbocycles. The van der Waals surface area contributed by atoms with E-state index in [-0.39, 0.29) is 11.4 Å². The van der Waals surface area contributed by atoms with E-state index in [0.29, 0.717) is 5.02 Å². The molecule has 0 bridgehead atoms. The average Bonchev–Trinajstić information content (AvgIpc) is 2.15. The molecule has 0 fully saturated rings. The summed E-state index contributed by atoms with van der Waals surface area (Å²) in [5.41, 5.74) is 5.15. The van der Waals surface area contributed by atoms with Gasteiger partial charge in [-0.15, -0.1) is 0 Å². The first-order valence-electron chi connectivity index (χ1n) is 4.20. The topological polar surface area (TPSA) is 90.7 Å². The quantitative estimate of drug-likeness (QED) is 0.625. The van der Waals surface area contributed by atoms with Crippen LogP contribution in [0.5, 0.6) is 5.75 Å². The van der Waals surface area contributed by atoms with E-state index in [1.165, 1.54) is 25.1 Å². The molecule has 1 rings (SSSR count). The lowest BCUT2D eigenvalue weighted by Crippen LogP contribution is -2.20. The van der Waals surface area contributed by atoms with Crippen molar-refractivity contribution in [2.75, 3.05) is 5.32 Å². The molecule has 0 radical (unpaired) electrons. The first kappa shape index (κ1) is 12.1. The molecule has 0 spiro atoms. The summed E-state index contributed by atoms with van der Waals surface area (Å²) in [5, 5.41) is 2.65. The Morgan fingerprint density at radius 3 is 2.69 bits per heavy atom. The lowest BCUT2D eigenvalue weighted by Gasteiger charge is -2.08. The average molecular weight is 245 g/mol. The number of halogens is 1. The number of nitrogens with one attached hydrogen (secondary N) is 1. The molecule has 0 aromatic heterocycles. The van der Waals surface area contributed by atoms with E-state index in [0.717, 1.165) is 0 Å². The number of primary amides is 1. The molecule has 0 saturated heterocycles. The maximum Gasteiger partial charge on any atom is 0.352 e. The van der Waals surface area contributed by atoms with Crippen LogP contribution in [0.25, 0.3) is 0 Å². The fraction of sp³-hybridized carbons (Fsp3) is 0.111. The molecule has 7 heteroatoms. The van der Waals surface area contributed by atoms with Crippen molar-refractivity contribution in [2.45, 2.75) is 6.92 Å². The molecule has 0 saturated carbocycles. The van der Waals surface area contributed by atoms with E-state index in [1.54, 1.807) is 0 Å². The molecule has 86 valence electrons. The highest BCUT2D eigenvalue weighted by Gasteiger charge is 2.09. The lowest BCUT2D eigenvalue weighted by atomic mass is 10.3. The van der Waals surface area contributed by atoms with Crippen molar-refractivity contribution in [2.24, 2.45) is 5.73 Å². The number of anilines is 1. The SMILES string of the molecule is CC(=O)OOc1ccc(Cl)cc1NC(N)=O. The van der Waals surface area contributed by atoms with Crippen LogP contribution < -0.4 is 15.9 Å². The predicted molar refractivity (Wildman–Crippen MR) is 57.1 cm³/mol. The summed E-state index contributed by atoms with van der Waals surface area (Å²) in [5.74, 6) is -0.502. The van der Waals surface area contributed by atoms with Crippen molar-refractivity contribution >= 4 is 29.3 Å². The van der Waals surface area contributed by atoms with Gasteiger partial charge in [0.05, 0.1) is 5.69 Å². The molecule has 0 heterocycles. The van der Waals surface area contributed by atoms with Gasteiger partial charge in [-0.3, -0.25) is 9.78 Å². The Kier molecular flexibility index (Phi) is 3.96. The van der Waals surface area contributed by atoms with Crippen LogP contribution in [0, 0.1) is 0 Å². The summed E-state index contributed by atoms with van der Waals surface area (Å²) < 4.78 is 0. The highest BCUT2D eigenvalue weighted by atomic mass is 35.5. The molecule has 3 N–H and O–H groups in total. The minimum atomic E-state index is -0.782. The molecule has 0 atom stereocenters. The number of carbonyl (C=O) groups excluding carboxylic acids is 2. The Morgan fingerprint density at radius 2 is 2.12 bits per heavy atom. The van der Waals surface area contributed by atoms with Gasteiger partial charge in [0.25, 0.3) is 0 Å². The van der Waals surface area contributed by atoms with Crippen molar-refractivity contribution in [1.29, 1.82) is 0 Å². The molecule has 1 aromatic rings. The summed E-state index contributed by atoms with van der Waals surface area (Å²) in [6.45, 7) is 1.18. The van der Waals surface area contributed by atoms with E-state index in [2.05, 4.69) is 15.1 Å². The standard InChI is InChI=1S/C9H9ClN2O4/c1-5(13)15-16-8-3-2-6(10)4-7(8)12-9(11)14/h2-4H,1H3,(H3,11,12,14). The predicted octanol–water partition coefficient (Wildman–Crippen LogP) is 1.69. The number of nitrogens with two attached hydrogens (primary N) is 1. The second-order valence-corrected chi connectivity index (χ2v) is 3.22. The number of carbonyl (C=O) groups is 2. The molecule has 1 aromatic carbocycles. The van der Waals surface area contributed by atoms with Crippen molar-refractivity contribution in [3.05, 3.63) is 23.2 Å². The zero-order valence-electron chi connectivity index (χ0n) is 8.32. The largest absolute Gasteiger partial charge is 0.352 e. The van der Waals surface area contributed by atoms with Crippen LogP contribution in [0.4, 0.5) is 10.5 Å². The highest BCUT2D eigenvalue weighted by molar-refractivity contribution is 6.31. The second-order valence-electron chi connectivity index (χ2n) is 2.79. The summed E-state index contributed by atoms with van der Waals surface area (Å²) in [6, 6.07) is 3.56. The van der Waals surface area contributed by atoms with E-state index < -0.39 is 12.0 Å². The second kappa shape index (κ2) is 5.22. The fourth-order valence-corrected chi connectivity index (χ4v) is 1.08. The number of benzene rings is 1. The molecule has 16 heavy (non-hydrogen) atoms. The van der Waals surface area contributed by atoms with Gasteiger partial charge in [0.15, 0.2) is 0 Å². The Hall–Kier alpha value is -1.95. The highest BCUT2D eigenvalue weighted by Crippen LogP contribution is 2.28. The number of amides is 2. The summed E-state index contributed by atoms with van der Waals surface area (Å²) in [4.78, 5) is 30.2. The van der Waals surface area contributed by atoms with Crippen LogP contribution in [0.2, 0.25) is 5.02 Å². The number of urea groups is 1. The summed E-state index contributed by atoms with van der Waals surface area (Å²) in [6.07, 6.45) is 0. The van der Waals surface area contributed by atoms with Crippen molar-refractivity contribution in [1.82, 2.24) is 0 Å². The van der Waals surface area contributed by atoms with Crippen LogP contribution >= 0.6 is 11.6 Å². The maximum absolute atomic E-state index is 10.7. The van der Waals surface area contributed by atoms with Crippen LogP contribution in [-0.2, 0) is 9.68 Å².